The molecule has 2 unspecified atom stereocenters. The fraction of sp³-hybridized carbons (Fsp3) is 0.429. The predicted molar refractivity (Wildman–Crippen MR) is 99.9 cm³/mol. The van der Waals surface area contributed by atoms with Crippen LogP contribution in [0.2, 0.25) is 0 Å². The second-order valence-electron chi connectivity index (χ2n) is 5.59. The number of amides is 2. The molecule has 1 aliphatic rings. The van der Waals surface area contributed by atoms with E-state index in [1.807, 2.05) is 0 Å². The van der Waals surface area contributed by atoms with E-state index in [4.69, 9.17) is 5.73 Å². The smallest absolute Gasteiger partial charge is 0.731 e. The summed E-state index contributed by atoms with van der Waals surface area (Å²) in [5.74, 6) is -4.86. The molecule has 0 aromatic carbocycles. The number of nitrogen functional groups attached to an aromatic ring is 1. The zero-order valence-electron chi connectivity index (χ0n) is 17.0. The van der Waals surface area contributed by atoms with Gasteiger partial charge in [-0.05, 0) is 6.92 Å². The summed E-state index contributed by atoms with van der Waals surface area (Å²) in [5, 5.41) is 6.99. The van der Waals surface area contributed by atoms with E-state index >= 15 is 0 Å². The third-order valence-electron chi connectivity index (χ3n) is 3.62. The Hall–Kier alpha value is -2.31. The molecule has 0 radical (unpaired) electrons. The molecular weight excluding hydrogens is 485 g/mol. The van der Waals surface area contributed by atoms with Crippen molar-refractivity contribution in [2.45, 2.75) is 19.0 Å². The first-order chi connectivity index (χ1) is 14.5. The molecule has 2 heterocycles. The van der Waals surface area contributed by atoms with Gasteiger partial charge in [-0.1, -0.05) is 5.16 Å². The maximum atomic E-state index is 12.5. The summed E-state index contributed by atoms with van der Waals surface area (Å²) in [6.45, 7) is 0.580. The van der Waals surface area contributed by atoms with Crippen molar-refractivity contribution in [1.29, 1.82) is 0 Å². The summed E-state index contributed by atoms with van der Waals surface area (Å²) in [5.41, 5.74) is 5.03. The van der Waals surface area contributed by atoms with E-state index in [-0.39, 0.29) is 51.3 Å². The van der Waals surface area contributed by atoms with Crippen molar-refractivity contribution in [3.05, 3.63) is 11.1 Å². The van der Waals surface area contributed by atoms with Crippen LogP contribution in [0.1, 0.15) is 12.6 Å². The number of carbonyl (C=O) groups excluding carboxylic acids is 4. The molecule has 1 saturated heterocycles. The van der Waals surface area contributed by atoms with Crippen molar-refractivity contribution < 1.29 is 76.0 Å². The van der Waals surface area contributed by atoms with Crippen LogP contribution in [-0.2, 0) is 43.8 Å². The quantitative estimate of drug-likeness (QED) is 0.0807. The van der Waals surface area contributed by atoms with Crippen molar-refractivity contribution >= 4 is 56.2 Å². The number of aromatic nitrogens is 1. The van der Waals surface area contributed by atoms with Crippen LogP contribution in [0, 0.1) is 0 Å². The van der Waals surface area contributed by atoms with Gasteiger partial charge < -0.3 is 29.9 Å². The molecule has 15 nitrogen and oxygen atoms in total. The topological polar surface area (TPSA) is 220 Å². The van der Waals surface area contributed by atoms with E-state index in [0.29, 0.717) is 0 Å². The Bertz CT molecular complexity index is 1030. The van der Waals surface area contributed by atoms with E-state index in [1.165, 1.54) is 12.3 Å². The monoisotopic (exact) mass is 501 g/mol. The summed E-state index contributed by atoms with van der Waals surface area (Å²) in [6, 6.07) is -3.85. The normalized spacial score (nSPS) is 18.2. The second-order valence-corrected chi connectivity index (χ2v) is 7.73. The van der Waals surface area contributed by atoms with Crippen LogP contribution in [0.3, 0.4) is 0 Å². The summed E-state index contributed by atoms with van der Waals surface area (Å²) >= 11 is 0.974. The van der Waals surface area contributed by atoms with Crippen LogP contribution in [0.25, 0.3) is 0 Å². The van der Waals surface area contributed by atoms with Crippen LogP contribution >= 0.6 is 11.3 Å². The van der Waals surface area contributed by atoms with E-state index in [0.717, 1.165) is 18.4 Å². The summed E-state index contributed by atoms with van der Waals surface area (Å²) < 4.78 is 42.9. The molecule has 18 heteroatoms. The van der Waals surface area contributed by atoms with Gasteiger partial charge >= 0.3 is 41.5 Å². The number of esters is 2. The summed E-state index contributed by atoms with van der Waals surface area (Å²) in [6.07, 6.45) is 0. The Balaban J connectivity index is 0.00000512. The Morgan fingerprint density at radius 3 is 2.53 bits per heavy atom. The van der Waals surface area contributed by atoms with Crippen LogP contribution in [0.4, 0.5) is 5.13 Å². The number of hydrogen-bond acceptors (Lipinski definition) is 14. The molecular formula is C14H16N5NaO10S2. The predicted octanol–water partition coefficient (Wildman–Crippen LogP) is -5.66. The molecule has 0 saturated carbocycles. The summed E-state index contributed by atoms with van der Waals surface area (Å²) in [7, 11) is -4.30. The van der Waals surface area contributed by atoms with Gasteiger partial charge in [-0.25, -0.2) is 27.3 Å². The number of nitrogens with two attached hydrogens (primary N) is 1. The van der Waals surface area contributed by atoms with Gasteiger partial charge in [0.1, 0.15) is 18.8 Å². The van der Waals surface area contributed by atoms with Crippen molar-refractivity contribution in [2.75, 3.05) is 26.1 Å². The van der Waals surface area contributed by atoms with Crippen molar-refractivity contribution in [1.82, 2.24) is 14.6 Å². The number of hydrogen-bond donors (Lipinski definition) is 2. The molecule has 0 spiro atoms. The minimum absolute atomic E-state index is 0. The third kappa shape index (κ3) is 6.36. The minimum atomic E-state index is -5.42. The van der Waals surface area contributed by atoms with E-state index in [9.17, 15) is 32.1 Å². The van der Waals surface area contributed by atoms with Gasteiger partial charge in [-0.2, -0.15) is 0 Å². The van der Waals surface area contributed by atoms with Gasteiger partial charge in [-0.15, -0.1) is 11.3 Å². The standard InChI is InChI=1S/C14H17N5O10S2.Na/c1-3-28-7(20)4-29-13(23)10-9(12(22)19(10)31(24,25)26)17-11(21)8(18-27-2)6-5-30-14(15)16-6;/h5,9-10H,3-4H2,1-2H3,(H2,15,16)(H,17,21)(H,24,25,26);/q;+1/p-1. The molecule has 1 aromatic heterocycles. The van der Waals surface area contributed by atoms with Gasteiger partial charge in [0.05, 0.1) is 6.61 Å². The van der Waals surface area contributed by atoms with Crippen LogP contribution in [0.15, 0.2) is 10.5 Å². The molecule has 0 bridgehead atoms. The number of carbonyl (C=O) groups is 4. The van der Waals surface area contributed by atoms with Crippen molar-refractivity contribution in [2.24, 2.45) is 5.16 Å². The number of oxime groups is 1. The Morgan fingerprint density at radius 1 is 1.38 bits per heavy atom. The Labute approximate surface area is 207 Å². The molecule has 1 aliphatic heterocycles. The Morgan fingerprint density at radius 2 is 2.03 bits per heavy atom. The largest absolute Gasteiger partial charge is 1.00 e. The Kier molecular flexibility index (Phi) is 9.98. The van der Waals surface area contributed by atoms with Gasteiger partial charge in [0.2, 0.25) is 0 Å². The van der Waals surface area contributed by atoms with Crippen molar-refractivity contribution in [3.8, 4) is 0 Å². The fourth-order valence-electron chi connectivity index (χ4n) is 2.40. The number of anilines is 1. The maximum absolute atomic E-state index is 12.5. The van der Waals surface area contributed by atoms with Gasteiger partial charge in [-0.3, -0.25) is 9.59 Å². The van der Waals surface area contributed by atoms with Gasteiger partial charge in [0, 0.05) is 5.38 Å². The summed E-state index contributed by atoms with van der Waals surface area (Å²) in [4.78, 5) is 56.6. The molecule has 1 fully saturated rings. The number of ether oxygens (including phenoxy) is 2. The molecule has 3 N–H and O–H groups in total. The number of rotatable bonds is 9. The molecule has 2 rings (SSSR count). The van der Waals surface area contributed by atoms with Gasteiger partial charge in [0.15, 0.2) is 33.8 Å². The van der Waals surface area contributed by atoms with Crippen LogP contribution in [0.5, 0.6) is 0 Å². The van der Waals surface area contributed by atoms with Crippen LogP contribution < -0.4 is 40.6 Å². The first-order valence-corrected chi connectivity index (χ1v) is 10.5. The van der Waals surface area contributed by atoms with E-state index in [1.54, 1.807) is 0 Å². The van der Waals surface area contributed by atoms with Gasteiger partial charge in [0.25, 0.3) is 11.8 Å². The molecule has 2 amide bonds. The zero-order chi connectivity index (χ0) is 23.3. The first-order valence-electron chi connectivity index (χ1n) is 8.26. The number of β-lactam (4-membered cyclic amide) rings is 1. The van der Waals surface area contributed by atoms with Crippen molar-refractivity contribution in [3.63, 3.8) is 0 Å². The number of nitrogens with zero attached hydrogens (tertiary/aromatic N) is 3. The average Bonchev–Trinajstić information content (AvgIpc) is 3.11. The second kappa shape index (κ2) is 11.5. The molecule has 2 atom stereocenters. The van der Waals surface area contributed by atoms with E-state index in [2.05, 4.69) is 29.8 Å². The maximum Gasteiger partial charge on any atom is 1.00 e. The van der Waals surface area contributed by atoms with Crippen LogP contribution in [-0.4, -0.2) is 84.1 Å². The zero-order valence-corrected chi connectivity index (χ0v) is 20.6. The number of nitrogens with one attached hydrogen (secondary N) is 1. The minimum Gasteiger partial charge on any atom is -0.731 e. The average molecular weight is 501 g/mol. The molecule has 170 valence electrons. The number of thiazole rings is 1. The first kappa shape index (κ1) is 27.7. The molecule has 1 aromatic rings. The molecule has 0 aliphatic carbocycles. The fourth-order valence-corrected chi connectivity index (χ4v) is 3.77. The SMILES string of the molecule is CCOC(=O)COC(=O)C1C(NC(=O)C(=NOC)c2csc(N)n2)C(=O)N1S(=O)(=O)[O-].[Na+]. The molecule has 32 heavy (non-hydrogen) atoms. The third-order valence-corrected chi connectivity index (χ3v) is 5.18. The van der Waals surface area contributed by atoms with E-state index < -0.39 is 58.5 Å².